The van der Waals surface area contributed by atoms with Crippen molar-refractivity contribution in [3.63, 3.8) is 0 Å². The lowest BCUT2D eigenvalue weighted by Crippen LogP contribution is -1.97. The molecule has 0 saturated heterocycles. The zero-order valence-electron chi connectivity index (χ0n) is 8.30. The van der Waals surface area contributed by atoms with E-state index in [9.17, 15) is 0 Å². The van der Waals surface area contributed by atoms with Crippen LogP contribution >= 0.6 is 23.2 Å². The number of alkyl halides is 1. The fraction of sp³-hybridized carbons (Fsp3) is 0.400. The summed E-state index contributed by atoms with van der Waals surface area (Å²) >= 11 is 11.9. The first-order valence-electron chi connectivity index (χ1n) is 4.15. The number of methoxy groups -OCH3 is 2. The lowest BCUT2D eigenvalue weighted by molar-refractivity contribution is 0.385. The Kier molecular flexibility index (Phi) is 3.90. The molecular weight excluding hydrogens is 223 g/mol. The molecule has 0 heterocycles. The Morgan fingerprint density at radius 3 is 1.86 bits per heavy atom. The van der Waals surface area contributed by atoms with Crippen LogP contribution in [-0.2, 0) is 0 Å². The van der Waals surface area contributed by atoms with E-state index in [4.69, 9.17) is 32.7 Å². The van der Waals surface area contributed by atoms with Crippen molar-refractivity contribution in [1.82, 2.24) is 0 Å². The minimum absolute atomic E-state index is 0.183. The second kappa shape index (κ2) is 4.76. The Morgan fingerprint density at radius 2 is 1.57 bits per heavy atom. The van der Waals surface area contributed by atoms with Gasteiger partial charge in [-0.25, -0.2) is 0 Å². The standard InChI is InChI=1S/C10H12Cl2O2/c1-6(11)10-8(13-2)4-7(12)5-9(10)14-3/h4-6H,1-3H3. The van der Waals surface area contributed by atoms with Crippen LogP contribution in [-0.4, -0.2) is 14.2 Å². The van der Waals surface area contributed by atoms with Gasteiger partial charge in [0.15, 0.2) is 0 Å². The second-order valence-corrected chi connectivity index (χ2v) is 3.93. The van der Waals surface area contributed by atoms with Crippen molar-refractivity contribution < 1.29 is 9.47 Å². The summed E-state index contributed by atoms with van der Waals surface area (Å²) in [5.41, 5.74) is 0.820. The molecule has 1 aromatic carbocycles. The van der Waals surface area contributed by atoms with Crippen molar-refractivity contribution in [2.75, 3.05) is 14.2 Å². The third-order valence-electron chi connectivity index (χ3n) is 1.91. The lowest BCUT2D eigenvalue weighted by atomic mass is 10.1. The SMILES string of the molecule is COc1cc(Cl)cc(OC)c1C(C)Cl. The van der Waals surface area contributed by atoms with E-state index < -0.39 is 0 Å². The van der Waals surface area contributed by atoms with Crippen LogP contribution in [0.15, 0.2) is 12.1 Å². The molecule has 1 aromatic rings. The highest BCUT2D eigenvalue weighted by Gasteiger charge is 2.16. The van der Waals surface area contributed by atoms with Gasteiger partial charge in [-0.1, -0.05) is 11.6 Å². The van der Waals surface area contributed by atoms with Gasteiger partial charge in [-0.2, -0.15) is 0 Å². The second-order valence-electron chi connectivity index (χ2n) is 2.84. The summed E-state index contributed by atoms with van der Waals surface area (Å²) in [6.07, 6.45) is 0. The van der Waals surface area contributed by atoms with E-state index in [1.54, 1.807) is 26.4 Å². The van der Waals surface area contributed by atoms with Crippen LogP contribution in [0.5, 0.6) is 11.5 Å². The summed E-state index contributed by atoms with van der Waals surface area (Å²) in [4.78, 5) is 0. The molecule has 0 spiro atoms. The van der Waals surface area contributed by atoms with Crippen LogP contribution in [0, 0.1) is 0 Å². The summed E-state index contributed by atoms with van der Waals surface area (Å²) in [6.45, 7) is 1.86. The van der Waals surface area contributed by atoms with Crippen LogP contribution in [0.3, 0.4) is 0 Å². The molecule has 0 aliphatic rings. The summed E-state index contributed by atoms with van der Waals surface area (Å²) in [5, 5.41) is 0.386. The molecule has 14 heavy (non-hydrogen) atoms. The normalized spacial score (nSPS) is 12.4. The lowest BCUT2D eigenvalue weighted by Gasteiger charge is -2.15. The van der Waals surface area contributed by atoms with E-state index in [1.165, 1.54) is 0 Å². The Morgan fingerprint density at radius 1 is 1.14 bits per heavy atom. The maximum absolute atomic E-state index is 6.02. The van der Waals surface area contributed by atoms with E-state index in [1.807, 2.05) is 6.92 Å². The molecule has 0 aliphatic carbocycles. The molecule has 1 unspecified atom stereocenters. The van der Waals surface area contributed by atoms with Crippen LogP contribution in [0.25, 0.3) is 0 Å². The number of rotatable bonds is 3. The molecule has 1 rings (SSSR count). The van der Waals surface area contributed by atoms with Crippen molar-refractivity contribution >= 4 is 23.2 Å². The fourth-order valence-corrected chi connectivity index (χ4v) is 1.71. The first-order chi connectivity index (χ1) is 6.60. The number of benzene rings is 1. The number of hydrogen-bond acceptors (Lipinski definition) is 2. The third kappa shape index (κ3) is 2.25. The maximum Gasteiger partial charge on any atom is 0.128 e. The van der Waals surface area contributed by atoms with Crippen LogP contribution in [0.4, 0.5) is 0 Å². The van der Waals surface area contributed by atoms with Gasteiger partial charge in [-0.3, -0.25) is 0 Å². The van der Waals surface area contributed by atoms with Gasteiger partial charge in [0.25, 0.3) is 0 Å². The molecule has 0 bridgehead atoms. The first kappa shape index (κ1) is 11.5. The van der Waals surface area contributed by atoms with Crippen LogP contribution < -0.4 is 9.47 Å². The van der Waals surface area contributed by atoms with Crippen molar-refractivity contribution in [2.45, 2.75) is 12.3 Å². The van der Waals surface area contributed by atoms with E-state index in [0.717, 1.165) is 5.56 Å². The highest BCUT2D eigenvalue weighted by atomic mass is 35.5. The van der Waals surface area contributed by atoms with E-state index in [-0.39, 0.29) is 5.38 Å². The molecule has 0 radical (unpaired) electrons. The van der Waals surface area contributed by atoms with Crippen LogP contribution in [0.2, 0.25) is 5.02 Å². The molecule has 0 fully saturated rings. The molecule has 2 nitrogen and oxygen atoms in total. The highest BCUT2D eigenvalue weighted by molar-refractivity contribution is 6.31. The maximum atomic E-state index is 6.02. The number of hydrogen-bond donors (Lipinski definition) is 0. The molecule has 4 heteroatoms. The van der Waals surface area contributed by atoms with E-state index >= 15 is 0 Å². The summed E-state index contributed by atoms with van der Waals surface area (Å²) in [6, 6.07) is 3.44. The molecule has 78 valence electrons. The van der Waals surface area contributed by atoms with Gasteiger partial charge in [-0.15, -0.1) is 11.6 Å². The zero-order valence-corrected chi connectivity index (χ0v) is 9.82. The van der Waals surface area contributed by atoms with Gasteiger partial charge in [0.1, 0.15) is 11.5 Å². The van der Waals surface area contributed by atoms with E-state index in [0.29, 0.717) is 16.5 Å². The van der Waals surface area contributed by atoms with Crippen molar-refractivity contribution in [1.29, 1.82) is 0 Å². The van der Waals surface area contributed by atoms with Gasteiger partial charge < -0.3 is 9.47 Å². The Bertz CT molecular complexity index is 299. The van der Waals surface area contributed by atoms with Gasteiger partial charge in [0.2, 0.25) is 0 Å². The Hall–Kier alpha value is -0.600. The van der Waals surface area contributed by atoms with Gasteiger partial charge >= 0.3 is 0 Å². The fourth-order valence-electron chi connectivity index (χ4n) is 1.30. The average molecular weight is 235 g/mol. The van der Waals surface area contributed by atoms with E-state index in [2.05, 4.69) is 0 Å². The van der Waals surface area contributed by atoms with Gasteiger partial charge in [-0.05, 0) is 19.1 Å². The molecule has 0 aromatic heterocycles. The Balaban J connectivity index is 3.33. The predicted octanol–water partition coefficient (Wildman–Crippen LogP) is 3.66. The Labute approximate surface area is 93.7 Å². The van der Waals surface area contributed by atoms with Crippen LogP contribution in [0.1, 0.15) is 17.9 Å². The largest absolute Gasteiger partial charge is 0.496 e. The molecule has 1 atom stereocenters. The molecule has 0 amide bonds. The molecular formula is C10H12Cl2O2. The minimum atomic E-state index is -0.183. The first-order valence-corrected chi connectivity index (χ1v) is 4.97. The molecule has 0 aliphatic heterocycles. The third-order valence-corrected chi connectivity index (χ3v) is 2.34. The quantitative estimate of drug-likeness (QED) is 0.744. The van der Waals surface area contributed by atoms with Crippen molar-refractivity contribution in [3.8, 4) is 11.5 Å². The van der Waals surface area contributed by atoms with Gasteiger partial charge in [0.05, 0.1) is 25.2 Å². The van der Waals surface area contributed by atoms with Crippen molar-refractivity contribution in [2.24, 2.45) is 0 Å². The molecule has 0 saturated carbocycles. The predicted molar refractivity (Wildman–Crippen MR) is 58.8 cm³/mol. The smallest absolute Gasteiger partial charge is 0.128 e. The van der Waals surface area contributed by atoms with Crippen molar-refractivity contribution in [3.05, 3.63) is 22.7 Å². The average Bonchev–Trinajstić information content (AvgIpc) is 2.15. The summed E-state index contributed by atoms with van der Waals surface area (Å²) < 4.78 is 10.4. The monoisotopic (exact) mass is 234 g/mol. The number of ether oxygens (including phenoxy) is 2. The summed E-state index contributed by atoms with van der Waals surface area (Å²) in [5.74, 6) is 1.30. The number of halogens is 2. The minimum Gasteiger partial charge on any atom is -0.496 e. The zero-order chi connectivity index (χ0) is 10.7. The summed E-state index contributed by atoms with van der Waals surface area (Å²) in [7, 11) is 3.15. The highest BCUT2D eigenvalue weighted by Crippen LogP contribution is 2.39. The topological polar surface area (TPSA) is 18.5 Å². The van der Waals surface area contributed by atoms with Gasteiger partial charge in [0, 0.05) is 5.02 Å². The molecule has 0 N–H and O–H groups in total.